The number of esters is 1. The molecular formula is C15H9BrFN3O3. The molecule has 0 N–H and O–H groups in total. The summed E-state index contributed by atoms with van der Waals surface area (Å²) < 4.78 is 20.0. The molecule has 0 unspecified atom stereocenters. The highest BCUT2D eigenvalue weighted by molar-refractivity contribution is 9.10. The number of nitrogens with zero attached hydrogens (tertiary/aromatic N) is 3. The van der Waals surface area contributed by atoms with Crippen LogP contribution < -0.4 is 5.56 Å². The normalized spacial score (nSPS) is 10.7. The van der Waals surface area contributed by atoms with Gasteiger partial charge in [0.1, 0.15) is 11.3 Å². The fourth-order valence-electron chi connectivity index (χ4n) is 1.96. The summed E-state index contributed by atoms with van der Waals surface area (Å²) in [4.78, 5) is 24.1. The van der Waals surface area contributed by atoms with Crippen LogP contribution in [0.25, 0.3) is 10.9 Å². The predicted molar refractivity (Wildman–Crippen MR) is 83.3 cm³/mol. The zero-order valence-corrected chi connectivity index (χ0v) is 13.2. The summed E-state index contributed by atoms with van der Waals surface area (Å²) in [5.41, 5.74) is -0.228. The van der Waals surface area contributed by atoms with E-state index in [1.807, 2.05) is 0 Å². The van der Waals surface area contributed by atoms with E-state index in [0.717, 1.165) is 10.7 Å². The van der Waals surface area contributed by atoms with Gasteiger partial charge in [-0.05, 0) is 30.3 Å². The van der Waals surface area contributed by atoms with E-state index in [1.165, 1.54) is 12.1 Å². The Bertz CT molecular complexity index is 958. The Labute approximate surface area is 137 Å². The molecule has 0 fully saturated rings. The molecule has 1 aromatic heterocycles. The zero-order valence-electron chi connectivity index (χ0n) is 11.6. The standard InChI is InChI=1S/C15H9BrFN3O3/c16-9-5-6-10(12(17)7-9)15(22)23-8-20-14(21)11-3-1-2-4-13(11)18-19-20/h1-7H,8H2. The van der Waals surface area contributed by atoms with E-state index in [0.29, 0.717) is 15.4 Å². The Morgan fingerprint density at radius 1 is 1.26 bits per heavy atom. The number of rotatable bonds is 3. The average molecular weight is 378 g/mol. The van der Waals surface area contributed by atoms with Gasteiger partial charge in [-0.3, -0.25) is 4.79 Å². The first-order chi connectivity index (χ1) is 11.1. The van der Waals surface area contributed by atoms with Gasteiger partial charge >= 0.3 is 5.97 Å². The van der Waals surface area contributed by atoms with E-state index in [4.69, 9.17) is 4.74 Å². The highest BCUT2D eigenvalue weighted by Crippen LogP contribution is 2.16. The third-order valence-corrected chi connectivity index (χ3v) is 3.59. The van der Waals surface area contributed by atoms with Gasteiger partial charge in [-0.25, -0.2) is 9.18 Å². The van der Waals surface area contributed by atoms with Gasteiger partial charge in [0, 0.05) is 4.47 Å². The molecule has 0 aliphatic rings. The summed E-state index contributed by atoms with van der Waals surface area (Å²) in [7, 11) is 0. The van der Waals surface area contributed by atoms with Gasteiger partial charge in [0.15, 0.2) is 6.73 Å². The lowest BCUT2D eigenvalue weighted by Gasteiger charge is -2.07. The number of carbonyl (C=O) groups excluding carboxylic acids is 1. The van der Waals surface area contributed by atoms with Gasteiger partial charge in [0.05, 0.1) is 10.9 Å². The first-order valence-corrected chi connectivity index (χ1v) is 7.30. The largest absolute Gasteiger partial charge is 0.438 e. The minimum absolute atomic E-state index is 0.227. The van der Waals surface area contributed by atoms with Gasteiger partial charge < -0.3 is 4.74 Å². The average Bonchev–Trinajstić information content (AvgIpc) is 2.54. The molecular weight excluding hydrogens is 369 g/mol. The third kappa shape index (κ3) is 3.11. The van der Waals surface area contributed by atoms with E-state index >= 15 is 0 Å². The van der Waals surface area contributed by atoms with Crippen LogP contribution >= 0.6 is 15.9 Å². The molecule has 8 heteroatoms. The van der Waals surface area contributed by atoms with Gasteiger partial charge in [0.2, 0.25) is 0 Å². The van der Waals surface area contributed by atoms with Gasteiger partial charge in [-0.2, -0.15) is 4.68 Å². The smallest absolute Gasteiger partial charge is 0.342 e. The summed E-state index contributed by atoms with van der Waals surface area (Å²) in [5.74, 6) is -1.61. The van der Waals surface area contributed by atoms with E-state index in [9.17, 15) is 14.0 Å². The molecule has 23 heavy (non-hydrogen) atoms. The van der Waals surface area contributed by atoms with E-state index in [1.54, 1.807) is 24.3 Å². The molecule has 116 valence electrons. The Kier molecular flexibility index (Phi) is 4.16. The number of fused-ring (bicyclic) bond motifs is 1. The quantitative estimate of drug-likeness (QED) is 0.655. The molecule has 0 atom stereocenters. The van der Waals surface area contributed by atoms with Crippen LogP contribution in [0.3, 0.4) is 0 Å². The molecule has 1 heterocycles. The summed E-state index contributed by atoms with van der Waals surface area (Å²) in [6, 6.07) is 10.6. The monoisotopic (exact) mass is 377 g/mol. The summed E-state index contributed by atoms with van der Waals surface area (Å²) in [6.45, 7) is -0.453. The number of halogens is 2. The van der Waals surface area contributed by atoms with Crippen molar-refractivity contribution in [2.45, 2.75) is 6.73 Å². The second kappa shape index (κ2) is 6.25. The lowest BCUT2D eigenvalue weighted by Crippen LogP contribution is -2.26. The predicted octanol–water partition coefficient (Wildman–Crippen LogP) is 2.51. The van der Waals surface area contributed by atoms with E-state index < -0.39 is 24.1 Å². The molecule has 0 aliphatic carbocycles. The number of carbonyl (C=O) groups is 1. The molecule has 0 radical (unpaired) electrons. The molecule has 6 nitrogen and oxygen atoms in total. The van der Waals surface area contributed by atoms with Crippen molar-refractivity contribution >= 4 is 32.8 Å². The third-order valence-electron chi connectivity index (χ3n) is 3.10. The van der Waals surface area contributed by atoms with Crippen LogP contribution in [-0.2, 0) is 11.5 Å². The molecule has 0 spiro atoms. The minimum Gasteiger partial charge on any atom is -0.438 e. The second-order valence-corrected chi connectivity index (χ2v) is 5.51. The van der Waals surface area contributed by atoms with Gasteiger partial charge in [0.25, 0.3) is 5.56 Å². The van der Waals surface area contributed by atoms with Crippen LogP contribution in [0.5, 0.6) is 0 Å². The second-order valence-electron chi connectivity index (χ2n) is 4.60. The van der Waals surface area contributed by atoms with Gasteiger partial charge in [-0.15, -0.1) is 5.10 Å². The molecule has 3 aromatic rings. The van der Waals surface area contributed by atoms with Crippen molar-refractivity contribution < 1.29 is 13.9 Å². The molecule has 3 rings (SSSR count). The zero-order chi connectivity index (χ0) is 16.4. The topological polar surface area (TPSA) is 74.1 Å². The highest BCUT2D eigenvalue weighted by Gasteiger charge is 2.14. The minimum atomic E-state index is -0.892. The number of hydrogen-bond donors (Lipinski definition) is 0. The maximum atomic E-state index is 13.7. The van der Waals surface area contributed by atoms with Crippen molar-refractivity contribution in [2.75, 3.05) is 0 Å². The number of ether oxygens (including phenoxy) is 1. The summed E-state index contributed by atoms with van der Waals surface area (Å²) >= 11 is 3.10. The summed E-state index contributed by atoms with van der Waals surface area (Å²) in [6.07, 6.45) is 0. The van der Waals surface area contributed by atoms with Crippen LogP contribution in [-0.4, -0.2) is 21.0 Å². The van der Waals surface area contributed by atoms with Crippen molar-refractivity contribution in [3.8, 4) is 0 Å². The molecule has 2 aromatic carbocycles. The molecule has 0 saturated heterocycles. The van der Waals surface area contributed by atoms with Crippen LogP contribution in [0, 0.1) is 5.82 Å². The molecule has 0 saturated carbocycles. The van der Waals surface area contributed by atoms with Crippen LogP contribution in [0.4, 0.5) is 4.39 Å². The number of benzene rings is 2. The van der Waals surface area contributed by atoms with Crippen molar-refractivity contribution in [1.29, 1.82) is 0 Å². The Morgan fingerprint density at radius 3 is 2.83 bits per heavy atom. The molecule has 0 bridgehead atoms. The van der Waals surface area contributed by atoms with Crippen LogP contribution in [0.15, 0.2) is 51.7 Å². The Morgan fingerprint density at radius 2 is 2.04 bits per heavy atom. The fourth-order valence-corrected chi connectivity index (χ4v) is 2.29. The number of aromatic nitrogens is 3. The lowest BCUT2D eigenvalue weighted by molar-refractivity contribution is 0.0331. The first kappa shape index (κ1) is 15.3. The first-order valence-electron chi connectivity index (χ1n) is 6.51. The van der Waals surface area contributed by atoms with Crippen molar-refractivity contribution in [3.63, 3.8) is 0 Å². The van der Waals surface area contributed by atoms with Crippen LogP contribution in [0.2, 0.25) is 0 Å². The highest BCUT2D eigenvalue weighted by atomic mass is 79.9. The van der Waals surface area contributed by atoms with E-state index in [2.05, 4.69) is 26.2 Å². The molecule has 0 aliphatic heterocycles. The van der Waals surface area contributed by atoms with Crippen molar-refractivity contribution in [1.82, 2.24) is 15.0 Å². The summed E-state index contributed by atoms with van der Waals surface area (Å²) in [5, 5.41) is 7.90. The fraction of sp³-hybridized carbons (Fsp3) is 0.0667. The Balaban J connectivity index is 1.82. The molecule has 0 amide bonds. The SMILES string of the molecule is O=C(OCn1nnc2ccccc2c1=O)c1ccc(Br)cc1F. The lowest BCUT2D eigenvalue weighted by atomic mass is 10.2. The van der Waals surface area contributed by atoms with Crippen LogP contribution in [0.1, 0.15) is 10.4 Å². The maximum Gasteiger partial charge on any atom is 0.342 e. The van der Waals surface area contributed by atoms with E-state index in [-0.39, 0.29) is 5.56 Å². The van der Waals surface area contributed by atoms with Gasteiger partial charge in [-0.1, -0.05) is 33.3 Å². The van der Waals surface area contributed by atoms with Crippen molar-refractivity contribution in [3.05, 3.63) is 68.7 Å². The Hall–Kier alpha value is -2.61. The maximum absolute atomic E-state index is 13.7. The number of hydrogen-bond acceptors (Lipinski definition) is 5. The van der Waals surface area contributed by atoms with Crippen molar-refractivity contribution in [2.24, 2.45) is 0 Å².